The fourth-order valence-electron chi connectivity index (χ4n) is 1.38. The fourth-order valence-corrected chi connectivity index (χ4v) is 1.38. The SMILES string of the molecule is COC(=O)c1cccnc1NCc1ncc[nH]1. The largest absolute Gasteiger partial charge is 0.465 e. The van der Waals surface area contributed by atoms with Gasteiger partial charge in [0, 0.05) is 18.6 Å². The van der Waals surface area contributed by atoms with Crippen LogP contribution in [0.5, 0.6) is 0 Å². The van der Waals surface area contributed by atoms with Crippen LogP contribution in [0.1, 0.15) is 16.2 Å². The summed E-state index contributed by atoms with van der Waals surface area (Å²) in [6, 6.07) is 3.34. The van der Waals surface area contributed by atoms with Crippen LogP contribution in [0.2, 0.25) is 0 Å². The number of nitrogens with zero attached hydrogens (tertiary/aromatic N) is 2. The number of nitrogens with one attached hydrogen (secondary N) is 2. The lowest BCUT2D eigenvalue weighted by Crippen LogP contribution is -2.10. The smallest absolute Gasteiger partial charge is 0.341 e. The van der Waals surface area contributed by atoms with Crippen molar-refractivity contribution < 1.29 is 9.53 Å². The van der Waals surface area contributed by atoms with Crippen LogP contribution in [0.25, 0.3) is 0 Å². The van der Waals surface area contributed by atoms with E-state index in [2.05, 4.69) is 25.0 Å². The molecule has 6 nitrogen and oxygen atoms in total. The summed E-state index contributed by atoms with van der Waals surface area (Å²) < 4.78 is 4.67. The summed E-state index contributed by atoms with van der Waals surface area (Å²) in [5.74, 6) is 0.835. The van der Waals surface area contributed by atoms with E-state index < -0.39 is 5.97 Å². The van der Waals surface area contributed by atoms with E-state index in [1.165, 1.54) is 7.11 Å². The lowest BCUT2D eigenvalue weighted by molar-refractivity contribution is 0.0601. The Bertz CT molecular complexity index is 496. The maximum atomic E-state index is 11.5. The summed E-state index contributed by atoms with van der Waals surface area (Å²) in [7, 11) is 1.34. The van der Waals surface area contributed by atoms with Gasteiger partial charge in [-0.25, -0.2) is 14.8 Å². The van der Waals surface area contributed by atoms with Gasteiger partial charge in [0.05, 0.1) is 13.7 Å². The standard InChI is InChI=1S/C11H12N4O2/c1-17-11(16)8-3-2-4-14-10(8)15-7-9-12-5-6-13-9/h2-6H,7H2,1H3,(H,12,13)(H,14,15). The molecule has 0 amide bonds. The zero-order valence-electron chi connectivity index (χ0n) is 9.30. The van der Waals surface area contributed by atoms with Crippen LogP contribution in [0.4, 0.5) is 5.82 Å². The minimum atomic E-state index is -0.417. The first-order valence-corrected chi connectivity index (χ1v) is 5.06. The lowest BCUT2D eigenvalue weighted by Gasteiger charge is -2.07. The number of pyridine rings is 1. The number of methoxy groups -OCH3 is 1. The Morgan fingerprint density at radius 3 is 3.06 bits per heavy atom. The summed E-state index contributed by atoms with van der Waals surface area (Å²) in [6.45, 7) is 0.466. The number of hydrogen-bond acceptors (Lipinski definition) is 5. The number of imidazole rings is 1. The monoisotopic (exact) mass is 232 g/mol. The van der Waals surface area contributed by atoms with Crippen molar-refractivity contribution in [3.05, 3.63) is 42.1 Å². The van der Waals surface area contributed by atoms with Crippen molar-refractivity contribution in [1.82, 2.24) is 15.0 Å². The van der Waals surface area contributed by atoms with Crippen LogP contribution in [-0.2, 0) is 11.3 Å². The molecule has 0 spiro atoms. The number of aromatic amines is 1. The third-order valence-electron chi connectivity index (χ3n) is 2.19. The lowest BCUT2D eigenvalue weighted by atomic mass is 10.2. The molecule has 2 rings (SSSR count). The average molecular weight is 232 g/mol. The second-order valence-electron chi connectivity index (χ2n) is 3.28. The molecule has 6 heteroatoms. The van der Waals surface area contributed by atoms with Crippen molar-refractivity contribution in [2.75, 3.05) is 12.4 Å². The van der Waals surface area contributed by atoms with E-state index in [9.17, 15) is 4.79 Å². The van der Waals surface area contributed by atoms with Gasteiger partial charge in [-0.15, -0.1) is 0 Å². The fraction of sp³-hybridized carbons (Fsp3) is 0.182. The topological polar surface area (TPSA) is 79.9 Å². The number of H-pyrrole nitrogens is 1. The van der Waals surface area contributed by atoms with Gasteiger partial charge >= 0.3 is 5.97 Å². The zero-order chi connectivity index (χ0) is 12.1. The first kappa shape index (κ1) is 11.1. The molecule has 2 aromatic heterocycles. The van der Waals surface area contributed by atoms with Crippen molar-refractivity contribution in [1.29, 1.82) is 0 Å². The Labute approximate surface area is 98.1 Å². The normalized spacial score (nSPS) is 9.94. The number of carbonyl (C=O) groups is 1. The van der Waals surface area contributed by atoms with E-state index in [1.54, 1.807) is 30.7 Å². The molecule has 2 N–H and O–H groups in total. The summed E-state index contributed by atoms with van der Waals surface area (Å²) in [5.41, 5.74) is 0.404. The Morgan fingerprint density at radius 2 is 2.35 bits per heavy atom. The number of carbonyl (C=O) groups excluding carboxylic acids is 1. The number of esters is 1. The van der Waals surface area contributed by atoms with Crippen molar-refractivity contribution in [2.45, 2.75) is 6.54 Å². The number of rotatable bonds is 4. The molecule has 0 fully saturated rings. The van der Waals surface area contributed by atoms with Crippen molar-refractivity contribution >= 4 is 11.8 Å². The molecule has 88 valence electrons. The number of hydrogen-bond donors (Lipinski definition) is 2. The summed E-state index contributed by atoms with van der Waals surface area (Å²) in [6.07, 6.45) is 5.00. The van der Waals surface area contributed by atoms with Gasteiger partial charge in [-0.2, -0.15) is 0 Å². The van der Waals surface area contributed by atoms with Crippen LogP contribution in [0.15, 0.2) is 30.7 Å². The number of aromatic nitrogens is 3. The molecular formula is C11H12N4O2. The molecule has 17 heavy (non-hydrogen) atoms. The van der Waals surface area contributed by atoms with Gasteiger partial charge in [0.1, 0.15) is 17.2 Å². The van der Waals surface area contributed by atoms with E-state index in [4.69, 9.17) is 0 Å². The van der Waals surface area contributed by atoms with Crippen LogP contribution >= 0.6 is 0 Å². The Kier molecular flexibility index (Phi) is 3.34. The number of ether oxygens (including phenoxy) is 1. The minimum absolute atomic E-state index is 0.404. The van der Waals surface area contributed by atoms with Gasteiger partial charge in [0.15, 0.2) is 0 Å². The Morgan fingerprint density at radius 1 is 1.47 bits per heavy atom. The molecule has 0 aromatic carbocycles. The quantitative estimate of drug-likeness (QED) is 0.774. The highest BCUT2D eigenvalue weighted by Gasteiger charge is 2.11. The molecule has 0 saturated carbocycles. The van der Waals surface area contributed by atoms with Crippen molar-refractivity contribution in [3.8, 4) is 0 Å². The first-order chi connectivity index (χ1) is 8.31. The molecule has 0 aliphatic rings. The first-order valence-electron chi connectivity index (χ1n) is 5.06. The molecule has 0 bridgehead atoms. The summed E-state index contributed by atoms with van der Waals surface area (Å²) in [4.78, 5) is 22.6. The van der Waals surface area contributed by atoms with Gasteiger partial charge in [0.25, 0.3) is 0 Å². The van der Waals surface area contributed by atoms with Crippen LogP contribution in [-0.4, -0.2) is 28.0 Å². The van der Waals surface area contributed by atoms with Crippen LogP contribution in [0.3, 0.4) is 0 Å². The highest BCUT2D eigenvalue weighted by atomic mass is 16.5. The van der Waals surface area contributed by atoms with Crippen molar-refractivity contribution in [2.24, 2.45) is 0 Å². The summed E-state index contributed by atoms with van der Waals surface area (Å²) >= 11 is 0. The van der Waals surface area contributed by atoms with E-state index in [1.807, 2.05) is 0 Å². The Hall–Kier alpha value is -2.37. The molecule has 0 unspecified atom stereocenters. The van der Waals surface area contributed by atoms with Gasteiger partial charge in [-0.1, -0.05) is 0 Å². The molecule has 0 aliphatic carbocycles. The molecule has 0 saturated heterocycles. The van der Waals surface area contributed by atoms with Crippen LogP contribution in [0, 0.1) is 0 Å². The summed E-state index contributed by atoms with van der Waals surface area (Å²) in [5, 5.41) is 3.03. The number of anilines is 1. The predicted octanol–water partition coefficient (Wildman–Crippen LogP) is 1.20. The van der Waals surface area contributed by atoms with Gasteiger partial charge in [0.2, 0.25) is 0 Å². The molecule has 2 aromatic rings. The molecular weight excluding hydrogens is 220 g/mol. The Balaban J connectivity index is 2.12. The van der Waals surface area contributed by atoms with E-state index in [-0.39, 0.29) is 0 Å². The highest BCUT2D eigenvalue weighted by Crippen LogP contribution is 2.13. The highest BCUT2D eigenvalue weighted by molar-refractivity contribution is 5.94. The maximum Gasteiger partial charge on any atom is 0.341 e. The maximum absolute atomic E-state index is 11.5. The van der Waals surface area contributed by atoms with Gasteiger partial charge in [-0.05, 0) is 12.1 Å². The predicted molar refractivity (Wildman–Crippen MR) is 61.5 cm³/mol. The second kappa shape index (κ2) is 5.11. The van der Waals surface area contributed by atoms with Crippen molar-refractivity contribution in [3.63, 3.8) is 0 Å². The van der Waals surface area contributed by atoms with Gasteiger partial charge < -0.3 is 15.0 Å². The molecule has 2 heterocycles. The zero-order valence-corrected chi connectivity index (χ0v) is 9.30. The molecule has 0 radical (unpaired) electrons. The van der Waals surface area contributed by atoms with E-state index in [0.717, 1.165) is 5.82 Å². The third kappa shape index (κ3) is 2.60. The van der Waals surface area contributed by atoms with E-state index in [0.29, 0.717) is 17.9 Å². The average Bonchev–Trinajstić information content (AvgIpc) is 2.89. The third-order valence-corrected chi connectivity index (χ3v) is 2.19. The van der Waals surface area contributed by atoms with E-state index >= 15 is 0 Å². The minimum Gasteiger partial charge on any atom is -0.465 e. The van der Waals surface area contributed by atoms with Crippen LogP contribution < -0.4 is 5.32 Å². The molecule has 0 atom stereocenters. The molecule has 0 aliphatic heterocycles. The second-order valence-corrected chi connectivity index (χ2v) is 3.28. The van der Waals surface area contributed by atoms with Gasteiger partial charge in [-0.3, -0.25) is 0 Å².